The molecule has 25 heavy (non-hydrogen) atoms. The molecule has 0 aliphatic rings. The summed E-state index contributed by atoms with van der Waals surface area (Å²) in [5, 5.41) is 18.6. The molecule has 1 aromatic carbocycles. The number of nitrogens with zero attached hydrogens (tertiary/aromatic N) is 4. The van der Waals surface area contributed by atoms with Crippen molar-refractivity contribution < 1.29 is 14.1 Å². The highest BCUT2D eigenvalue weighted by Gasteiger charge is 2.23. The van der Waals surface area contributed by atoms with Gasteiger partial charge in [0.1, 0.15) is 0 Å². The van der Waals surface area contributed by atoms with Gasteiger partial charge in [-0.3, -0.25) is 4.79 Å². The molecule has 3 rings (SSSR count). The Labute approximate surface area is 141 Å². The average Bonchev–Trinajstić information content (AvgIpc) is 3.25. The van der Waals surface area contributed by atoms with Gasteiger partial charge in [-0.25, -0.2) is 5.43 Å². The normalized spacial score (nSPS) is 10.9. The van der Waals surface area contributed by atoms with Gasteiger partial charge < -0.3 is 14.5 Å². The third kappa shape index (κ3) is 3.96. The Morgan fingerprint density at radius 1 is 1.36 bits per heavy atom. The van der Waals surface area contributed by atoms with Gasteiger partial charge in [0.05, 0.1) is 36.5 Å². The van der Waals surface area contributed by atoms with E-state index < -0.39 is 16.6 Å². The largest absolute Gasteiger partial charge is 0.472 e. The molecular formula is C16H13N5O4. The van der Waals surface area contributed by atoms with Gasteiger partial charge in [0.2, 0.25) is 0 Å². The van der Waals surface area contributed by atoms with Crippen LogP contribution in [-0.4, -0.2) is 26.8 Å². The maximum absolute atomic E-state index is 12.3. The molecule has 1 N–H and O–H groups in total. The molecule has 0 aliphatic heterocycles. The van der Waals surface area contributed by atoms with Crippen LogP contribution in [0.1, 0.15) is 21.6 Å². The summed E-state index contributed by atoms with van der Waals surface area (Å²) in [5.74, 6) is -1.00. The topological polar surface area (TPSA) is 116 Å². The molecule has 0 radical (unpaired) electrons. The van der Waals surface area contributed by atoms with E-state index in [2.05, 4.69) is 15.6 Å². The zero-order valence-electron chi connectivity index (χ0n) is 12.9. The first-order valence-corrected chi connectivity index (χ1v) is 7.25. The predicted molar refractivity (Wildman–Crippen MR) is 88.2 cm³/mol. The van der Waals surface area contributed by atoms with E-state index in [9.17, 15) is 14.9 Å². The summed E-state index contributed by atoms with van der Waals surface area (Å²) < 4.78 is 6.15. The number of carbonyl (C=O) groups is 1. The second kappa shape index (κ2) is 7.21. The highest BCUT2D eigenvalue weighted by atomic mass is 16.6. The van der Waals surface area contributed by atoms with Crippen LogP contribution in [0.2, 0.25) is 0 Å². The zero-order valence-corrected chi connectivity index (χ0v) is 12.9. The number of hydrazone groups is 1. The fourth-order valence-corrected chi connectivity index (χ4v) is 2.12. The first-order chi connectivity index (χ1) is 12.1. The highest BCUT2D eigenvalue weighted by Crippen LogP contribution is 2.14. The average molecular weight is 339 g/mol. The predicted octanol–water partition coefficient (Wildman–Crippen LogP) is 2.20. The Morgan fingerprint density at radius 2 is 2.16 bits per heavy atom. The molecule has 126 valence electrons. The van der Waals surface area contributed by atoms with Crippen LogP contribution in [0.15, 0.2) is 64.5 Å². The lowest BCUT2D eigenvalue weighted by molar-refractivity contribution is -0.389. The minimum atomic E-state index is -0.646. The Kier molecular flexibility index (Phi) is 4.65. The third-order valence-corrected chi connectivity index (χ3v) is 3.28. The van der Waals surface area contributed by atoms with E-state index in [4.69, 9.17) is 4.42 Å². The molecule has 0 saturated carbocycles. The van der Waals surface area contributed by atoms with Crippen molar-refractivity contribution in [3.05, 3.63) is 81.9 Å². The fourth-order valence-electron chi connectivity index (χ4n) is 2.12. The quantitative estimate of drug-likeness (QED) is 0.420. The van der Waals surface area contributed by atoms with Crippen LogP contribution in [0.5, 0.6) is 0 Å². The molecule has 0 fully saturated rings. The molecular weight excluding hydrogens is 326 g/mol. The zero-order chi connectivity index (χ0) is 17.6. The van der Waals surface area contributed by atoms with Gasteiger partial charge in [0, 0.05) is 5.56 Å². The Morgan fingerprint density at radius 3 is 2.84 bits per heavy atom. The number of carbonyl (C=O) groups excluding carboxylic acids is 1. The van der Waals surface area contributed by atoms with Crippen molar-refractivity contribution in [2.75, 3.05) is 0 Å². The van der Waals surface area contributed by atoms with E-state index in [0.29, 0.717) is 5.56 Å². The monoisotopic (exact) mass is 339 g/mol. The lowest BCUT2D eigenvalue weighted by Gasteiger charge is -2.02. The van der Waals surface area contributed by atoms with Gasteiger partial charge in [0.25, 0.3) is 5.91 Å². The maximum atomic E-state index is 12.3. The molecule has 1 amide bonds. The van der Waals surface area contributed by atoms with E-state index in [1.807, 2.05) is 30.3 Å². The second-order valence-electron chi connectivity index (χ2n) is 5.04. The van der Waals surface area contributed by atoms with Gasteiger partial charge in [-0.2, -0.15) is 9.78 Å². The van der Waals surface area contributed by atoms with E-state index >= 15 is 0 Å². The number of hydrogen-bond donors (Lipinski definition) is 1. The van der Waals surface area contributed by atoms with Crippen LogP contribution in [0.3, 0.4) is 0 Å². The first-order valence-electron chi connectivity index (χ1n) is 7.25. The molecule has 0 spiro atoms. The van der Waals surface area contributed by atoms with Crippen molar-refractivity contribution >= 4 is 17.9 Å². The molecule has 0 aliphatic carbocycles. The van der Waals surface area contributed by atoms with Crippen LogP contribution >= 0.6 is 0 Å². The number of furan rings is 1. The smallest absolute Gasteiger partial charge is 0.390 e. The molecule has 9 nitrogen and oxygen atoms in total. The molecule has 0 unspecified atom stereocenters. The molecule has 0 bridgehead atoms. The van der Waals surface area contributed by atoms with Crippen molar-refractivity contribution in [1.82, 2.24) is 15.2 Å². The maximum Gasteiger partial charge on any atom is 0.390 e. The van der Waals surface area contributed by atoms with Crippen molar-refractivity contribution in [2.45, 2.75) is 6.54 Å². The van der Waals surface area contributed by atoms with Crippen LogP contribution in [0.4, 0.5) is 5.82 Å². The summed E-state index contributed by atoms with van der Waals surface area (Å²) in [4.78, 5) is 22.6. The van der Waals surface area contributed by atoms with Crippen LogP contribution < -0.4 is 5.43 Å². The summed E-state index contributed by atoms with van der Waals surface area (Å²) in [6, 6.07) is 12.0. The SMILES string of the molecule is O=C(N/N=C\c1ccoc1)c1cc([N+](=O)[O-])nn1Cc1ccccc1. The van der Waals surface area contributed by atoms with Crippen LogP contribution in [0.25, 0.3) is 0 Å². The Hall–Kier alpha value is -3.75. The molecule has 3 aromatic rings. The van der Waals surface area contributed by atoms with E-state index in [1.165, 1.54) is 23.4 Å². The molecule has 9 heteroatoms. The lowest BCUT2D eigenvalue weighted by Crippen LogP contribution is -2.22. The van der Waals surface area contributed by atoms with Crippen LogP contribution in [0, 0.1) is 10.1 Å². The van der Waals surface area contributed by atoms with Crippen molar-refractivity contribution in [3.8, 4) is 0 Å². The number of nitrogens with one attached hydrogen (secondary N) is 1. The molecule has 0 atom stereocenters. The summed E-state index contributed by atoms with van der Waals surface area (Å²) in [7, 11) is 0. The van der Waals surface area contributed by atoms with Gasteiger partial charge >= 0.3 is 5.82 Å². The third-order valence-electron chi connectivity index (χ3n) is 3.28. The summed E-state index contributed by atoms with van der Waals surface area (Å²) in [6.45, 7) is 0.225. The number of rotatable bonds is 6. The Balaban J connectivity index is 1.80. The van der Waals surface area contributed by atoms with E-state index in [1.54, 1.807) is 6.07 Å². The number of nitro groups is 1. The number of benzene rings is 1. The summed E-state index contributed by atoms with van der Waals surface area (Å²) in [5.41, 5.74) is 3.89. The fraction of sp³-hybridized carbons (Fsp3) is 0.0625. The van der Waals surface area contributed by atoms with Crippen molar-refractivity contribution in [1.29, 1.82) is 0 Å². The van der Waals surface area contributed by atoms with Gasteiger partial charge in [0.15, 0.2) is 5.69 Å². The van der Waals surface area contributed by atoms with Crippen molar-refractivity contribution in [3.63, 3.8) is 0 Å². The molecule has 2 heterocycles. The highest BCUT2D eigenvalue weighted by molar-refractivity contribution is 5.93. The van der Waals surface area contributed by atoms with Crippen LogP contribution in [-0.2, 0) is 6.54 Å². The summed E-state index contributed by atoms with van der Waals surface area (Å²) >= 11 is 0. The van der Waals surface area contributed by atoms with Gasteiger partial charge in [-0.15, -0.1) is 0 Å². The van der Waals surface area contributed by atoms with Gasteiger partial charge in [-0.1, -0.05) is 30.3 Å². The lowest BCUT2D eigenvalue weighted by atomic mass is 10.2. The number of aromatic nitrogens is 2. The number of amides is 1. The molecule has 0 saturated heterocycles. The minimum absolute atomic E-state index is 0.0416. The standard InChI is InChI=1S/C16H13N5O4/c22-16(18-17-9-13-6-7-25-11-13)14-8-15(21(23)24)19-20(14)10-12-4-2-1-3-5-12/h1-9,11H,10H2,(H,18,22)/b17-9-. The van der Waals surface area contributed by atoms with E-state index in [-0.39, 0.29) is 12.2 Å². The van der Waals surface area contributed by atoms with E-state index in [0.717, 1.165) is 11.6 Å². The number of hydrogen-bond acceptors (Lipinski definition) is 6. The minimum Gasteiger partial charge on any atom is -0.472 e. The van der Waals surface area contributed by atoms with Crippen molar-refractivity contribution in [2.24, 2.45) is 5.10 Å². The first kappa shape index (κ1) is 16.1. The Bertz CT molecular complexity index is 900. The second-order valence-corrected chi connectivity index (χ2v) is 5.04. The summed E-state index contributed by atoms with van der Waals surface area (Å²) in [6.07, 6.45) is 4.33. The molecule has 2 aromatic heterocycles. The van der Waals surface area contributed by atoms with Gasteiger partial charge in [-0.05, 0) is 16.6 Å².